The van der Waals surface area contributed by atoms with Crippen LogP contribution >= 0.6 is 0 Å². The quantitative estimate of drug-likeness (QED) is 0.221. The number of aryl methyl sites for hydroxylation is 1. The number of para-hydroxylation sites is 3. The molecule has 2 aromatic heterocycles. The molecule has 0 saturated heterocycles. The summed E-state index contributed by atoms with van der Waals surface area (Å²) in [5, 5.41) is 4.89. The van der Waals surface area contributed by atoms with E-state index in [2.05, 4.69) is 127 Å². The van der Waals surface area contributed by atoms with Crippen molar-refractivity contribution < 1.29 is 4.42 Å². The zero-order valence-corrected chi connectivity index (χ0v) is 21.4. The average Bonchev–Trinajstić information content (AvgIpc) is 3.48. The molecule has 8 aromatic rings. The van der Waals surface area contributed by atoms with Crippen molar-refractivity contribution in [1.29, 1.82) is 0 Å². The van der Waals surface area contributed by atoms with E-state index in [1.165, 1.54) is 66.4 Å². The summed E-state index contributed by atoms with van der Waals surface area (Å²) < 4.78 is 8.83. The van der Waals surface area contributed by atoms with Crippen LogP contribution in [0.1, 0.15) is 5.56 Å². The fourth-order valence-electron chi connectivity index (χ4n) is 6.85. The predicted octanol–water partition coefficient (Wildman–Crippen LogP) is 10.3. The first-order chi connectivity index (χ1) is 19.3. The van der Waals surface area contributed by atoms with Crippen LogP contribution in [0.15, 0.2) is 126 Å². The molecule has 0 N–H and O–H groups in total. The lowest BCUT2D eigenvalue weighted by Gasteiger charge is -2.18. The molecule has 9 rings (SSSR count). The van der Waals surface area contributed by atoms with Crippen molar-refractivity contribution in [3.05, 3.63) is 127 Å². The number of benzene rings is 6. The Hall–Kier alpha value is -5.08. The molecule has 0 bridgehead atoms. The summed E-state index contributed by atoms with van der Waals surface area (Å²) in [4.78, 5) is 0. The van der Waals surface area contributed by atoms with Gasteiger partial charge in [-0.1, -0.05) is 91.0 Å². The van der Waals surface area contributed by atoms with Crippen LogP contribution in [0, 0.1) is 6.92 Å². The number of nitrogens with zero attached hydrogens (tertiary/aromatic N) is 1. The highest BCUT2D eigenvalue weighted by molar-refractivity contribution is 6.19. The van der Waals surface area contributed by atoms with Crippen LogP contribution in [0.5, 0.6) is 0 Å². The topological polar surface area (TPSA) is 18.1 Å². The Bertz CT molecular complexity index is 2300. The first-order valence-corrected chi connectivity index (χ1v) is 13.5. The van der Waals surface area contributed by atoms with E-state index < -0.39 is 0 Å². The second-order valence-corrected chi connectivity index (χ2v) is 10.6. The molecule has 3 heterocycles. The number of furan rings is 1. The van der Waals surface area contributed by atoms with Gasteiger partial charge < -0.3 is 8.98 Å². The summed E-state index contributed by atoms with van der Waals surface area (Å²) in [6, 6.07) is 44.0. The van der Waals surface area contributed by atoms with E-state index in [-0.39, 0.29) is 0 Å². The van der Waals surface area contributed by atoms with Gasteiger partial charge in [-0.25, -0.2) is 0 Å². The highest BCUT2D eigenvalue weighted by atomic mass is 16.3. The normalized spacial score (nSPS) is 12.2. The van der Waals surface area contributed by atoms with Gasteiger partial charge in [0.05, 0.1) is 16.7 Å². The summed E-state index contributed by atoms with van der Waals surface area (Å²) in [5.74, 6) is 0. The Morgan fingerprint density at radius 1 is 0.487 bits per heavy atom. The molecule has 2 heteroatoms. The van der Waals surface area contributed by atoms with E-state index in [0.717, 1.165) is 21.9 Å². The Kier molecular flexibility index (Phi) is 4.02. The first kappa shape index (κ1) is 20.9. The van der Waals surface area contributed by atoms with Crippen LogP contribution in [-0.4, -0.2) is 4.57 Å². The molecule has 2 nitrogen and oxygen atoms in total. The van der Waals surface area contributed by atoms with Crippen molar-refractivity contribution in [2.75, 3.05) is 0 Å². The van der Waals surface area contributed by atoms with Crippen molar-refractivity contribution in [3.8, 4) is 39.1 Å². The molecule has 0 unspecified atom stereocenters. The first-order valence-electron chi connectivity index (χ1n) is 13.5. The number of aromatic nitrogens is 1. The number of rotatable bonds is 1. The smallest absolute Gasteiger partial charge is 0.136 e. The molecule has 1 aliphatic heterocycles. The van der Waals surface area contributed by atoms with Gasteiger partial charge in [0, 0.05) is 38.2 Å². The van der Waals surface area contributed by atoms with E-state index in [1.807, 2.05) is 6.07 Å². The molecular formula is C37H23NO. The minimum atomic E-state index is 0.916. The molecular weight excluding hydrogens is 474 g/mol. The summed E-state index contributed by atoms with van der Waals surface area (Å²) in [7, 11) is 0. The largest absolute Gasteiger partial charge is 0.456 e. The van der Waals surface area contributed by atoms with Gasteiger partial charge in [-0.05, 0) is 59.5 Å². The van der Waals surface area contributed by atoms with Crippen LogP contribution in [0.25, 0.3) is 82.8 Å². The maximum atomic E-state index is 6.32. The maximum Gasteiger partial charge on any atom is 0.136 e. The highest BCUT2D eigenvalue weighted by Crippen LogP contribution is 2.50. The molecule has 0 spiro atoms. The summed E-state index contributed by atoms with van der Waals surface area (Å²) in [6.07, 6.45) is 0. The third-order valence-electron chi connectivity index (χ3n) is 8.37. The Balaban J connectivity index is 1.54. The second-order valence-electron chi connectivity index (χ2n) is 10.6. The zero-order valence-electron chi connectivity index (χ0n) is 21.4. The molecule has 182 valence electrons. The van der Waals surface area contributed by atoms with Crippen molar-refractivity contribution in [2.45, 2.75) is 6.92 Å². The summed E-state index contributed by atoms with van der Waals surface area (Å²) >= 11 is 0. The van der Waals surface area contributed by atoms with E-state index in [4.69, 9.17) is 4.42 Å². The molecule has 0 aliphatic carbocycles. The van der Waals surface area contributed by atoms with Crippen molar-refractivity contribution in [2.24, 2.45) is 0 Å². The van der Waals surface area contributed by atoms with Crippen molar-refractivity contribution in [1.82, 2.24) is 4.57 Å². The lowest BCUT2D eigenvalue weighted by atomic mass is 9.90. The molecule has 0 amide bonds. The average molecular weight is 498 g/mol. The Labute approximate surface area is 225 Å². The van der Waals surface area contributed by atoms with Crippen LogP contribution < -0.4 is 0 Å². The number of fused-ring (bicyclic) bond motifs is 11. The minimum absolute atomic E-state index is 0.916. The van der Waals surface area contributed by atoms with E-state index in [1.54, 1.807) is 0 Å². The summed E-state index contributed by atoms with van der Waals surface area (Å²) in [6.45, 7) is 2.21. The van der Waals surface area contributed by atoms with Crippen LogP contribution in [0.2, 0.25) is 0 Å². The maximum absolute atomic E-state index is 6.32. The molecule has 0 atom stereocenters. The lowest BCUT2D eigenvalue weighted by molar-refractivity contribution is 0.669. The third-order valence-corrected chi connectivity index (χ3v) is 8.37. The van der Waals surface area contributed by atoms with Gasteiger partial charge in [-0.15, -0.1) is 0 Å². The Morgan fingerprint density at radius 3 is 1.97 bits per heavy atom. The van der Waals surface area contributed by atoms with Crippen LogP contribution in [-0.2, 0) is 0 Å². The minimum Gasteiger partial charge on any atom is -0.456 e. The molecule has 6 aromatic carbocycles. The van der Waals surface area contributed by atoms with Crippen LogP contribution in [0.4, 0.5) is 0 Å². The van der Waals surface area contributed by atoms with E-state index in [9.17, 15) is 0 Å². The van der Waals surface area contributed by atoms with Gasteiger partial charge in [-0.2, -0.15) is 0 Å². The summed E-state index contributed by atoms with van der Waals surface area (Å²) in [5.41, 5.74) is 14.3. The monoisotopic (exact) mass is 497 g/mol. The standard InChI is InChI=1S/C37H23NO/c1-22-20-30-24-11-3-2-10-23(24)27-15-8-16-28(26-14-9-19-34-35(26)29-13-5-7-18-33(29)39-34)36(27)38-32-17-6-4-12-25(32)31(21-22)37(30)38/h2-21H,1H3. The van der Waals surface area contributed by atoms with Crippen molar-refractivity contribution in [3.63, 3.8) is 0 Å². The number of hydrogen-bond acceptors (Lipinski definition) is 1. The number of hydrogen-bond donors (Lipinski definition) is 0. The van der Waals surface area contributed by atoms with Gasteiger partial charge in [0.15, 0.2) is 0 Å². The van der Waals surface area contributed by atoms with E-state index in [0.29, 0.717) is 0 Å². The molecule has 0 radical (unpaired) electrons. The SMILES string of the molecule is Cc1cc2c3c(c1)c1ccccc1n3-c1c(cccc1-c1cccc3oc4ccccc4c13)-c1ccccc1-2. The third kappa shape index (κ3) is 2.70. The van der Waals surface area contributed by atoms with Gasteiger partial charge in [0.2, 0.25) is 0 Å². The molecule has 0 saturated carbocycles. The lowest BCUT2D eigenvalue weighted by Crippen LogP contribution is -1.99. The van der Waals surface area contributed by atoms with E-state index >= 15 is 0 Å². The molecule has 0 fully saturated rings. The van der Waals surface area contributed by atoms with Gasteiger partial charge in [0.1, 0.15) is 11.2 Å². The zero-order chi connectivity index (χ0) is 25.7. The highest BCUT2D eigenvalue weighted by Gasteiger charge is 2.27. The molecule has 1 aliphatic rings. The van der Waals surface area contributed by atoms with Gasteiger partial charge in [-0.3, -0.25) is 0 Å². The fraction of sp³-hybridized carbons (Fsp3) is 0.0270. The predicted molar refractivity (Wildman–Crippen MR) is 163 cm³/mol. The van der Waals surface area contributed by atoms with Crippen molar-refractivity contribution >= 4 is 43.7 Å². The van der Waals surface area contributed by atoms with Crippen LogP contribution in [0.3, 0.4) is 0 Å². The van der Waals surface area contributed by atoms with Gasteiger partial charge >= 0.3 is 0 Å². The fourth-order valence-corrected chi connectivity index (χ4v) is 6.85. The second kappa shape index (κ2) is 7.49. The molecule has 39 heavy (non-hydrogen) atoms. The van der Waals surface area contributed by atoms with Gasteiger partial charge in [0.25, 0.3) is 0 Å². The Morgan fingerprint density at radius 2 is 1.10 bits per heavy atom.